The molecule has 0 amide bonds. The summed E-state index contributed by atoms with van der Waals surface area (Å²) in [5, 5.41) is 34.3. The van der Waals surface area contributed by atoms with Gasteiger partial charge in [0.25, 0.3) is 0 Å². The van der Waals surface area contributed by atoms with Crippen LogP contribution in [0.2, 0.25) is 0 Å². The monoisotopic (exact) mass is 320 g/mol. The minimum atomic E-state index is -1.53. The van der Waals surface area contributed by atoms with Crippen LogP contribution in [-0.2, 0) is 4.74 Å². The number of aliphatic hydroxyl groups excluding tert-OH is 2. The zero-order valence-electron chi connectivity index (χ0n) is 12.8. The quantitative estimate of drug-likeness (QED) is 0.627. The van der Waals surface area contributed by atoms with Crippen LogP contribution in [0.15, 0.2) is 18.6 Å². The molecule has 23 heavy (non-hydrogen) atoms. The maximum absolute atomic E-state index is 10.6. The maximum Gasteiger partial charge on any atom is 0.167 e. The molecule has 1 aliphatic carbocycles. The predicted octanol–water partition coefficient (Wildman–Crippen LogP) is 0.00720. The number of nitrogens with zero attached hydrogens (tertiary/aromatic N) is 3. The number of ether oxygens (including phenoxy) is 1. The molecule has 0 bridgehead atoms. The van der Waals surface area contributed by atoms with Crippen molar-refractivity contribution in [3.05, 3.63) is 18.6 Å². The summed E-state index contributed by atoms with van der Waals surface area (Å²) in [4.78, 5) is 8.57. The number of hydrogen-bond donors (Lipinski definition) is 4. The SMILES string of the molecule is C[C@@]1(O)[C@H](O)[C@@H](CO)O[C@H]1n1ccc2c(NC3CC3)ncnc21. The number of anilines is 1. The van der Waals surface area contributed by atoms with E-state index in [1.165, 1.54) is 13.3 Å². The van der Waals surface area contributed by atoms with Gasteiger partial charge in [0.15, 0.2) is 6.23 Å². The van der Waals surface area contributed by atoms with E-state index in [1.54, 1.807) is 10.8 Å². The van der Waals surface area contributed by atoms with Crippen molar-refractivity contribution in [3.8, 4) is 0 Å². The number of rotatable bonds is 4. The standard InChI is InChI=1S/C15H20N4O4/c1-15(22)11(21)10(6-20)23-14(15)19-5-4-9-12(18-8-2-3-8)16-7-17-13(9)19/h4-5,7-8,10-11,14,20-22H,2-3,6H2,1H3,(H,16,17,18)/t10-,11-,14-,15-/m1/s1. The van der Waals surface area contributed by atoms with Crippen LogP contribution in [0, 0.1) is 0 Å². The molecule has 8 nitrogen and oxygen atoms in total. The highest BCUT2D eigenvalue weighted by molar-refractivity contribution is 5.87. The molecule has 1 saturated heterocycles. The van der Waals surface area contributed by atoms with E-state index < -0.39 is 24.0 Å². The summed E-state index contributed by atoms with van der Waals surface area (Å²) in [6.45, 7) is 1.13. The molecule has 1 aliphatic heterocycles. The van der Waals surface area contributed by atoms with Gasteiger partial charge >= 0.3 is 0 Å². The van der Waals surface area contributed by atoms with Gasteiger partial charge in [-0.15, -0.1) is 0 Å². The van der Waals surface area contributed by atoms with Crippen LogP contribution in [0.1, 0.15) is 26.0 Å². The number of nitrogens with one attached hydrogen (secondary N) is 1. The summed E-state index contributed by atoms with van der Waals surface area (Å²) in [5.74, 6) is 0.758. The van der Waals surface area contributed by atoms with Gasteiger partial charge in [0, 0.05) is 12.2 Å². The Morgan fingerprint density at radius 3 is 2.87 bits per heavy atom. The van der Waals surface area contributed by atoms with Crippen LogP contribution in [0.3, 0.4) is 0 Å². The van der Waals surface area contributed by atoms with Crippen LogP contribution in [0.25, 0.3) is 11.0 Å². The third-order valence-electron chi connectivity index (χ3n) is 4.61. The van der Waals surface area contributed by atoms with E-state index in [2.05, 4.69) is 15.3 Å². The Morgan fingerprint density at radius 1 is 1.43 bits per heavy atom. The van der Waals surface area contributed by atoms with Gasteiger partial charge in [-0.1, -0.05) is 0 Å². The van der Waals surface area contributed by atoms with Gasteiger partial charge in [0.2, 0.25) is 0 Å². The van der Waals surface area contributed by atoms with Crippen LogP contribution in [0.5, 0.6) is 0 Å². The predicted molar refractivity (Wildman–Crippen MR) is 81.8 cm³/mol. The van der Waals surface area contributed by atoms with Crippen LogP contribution in [0.4, 0.5) is 5.82 Å². The van der Waals surface area contributed by atoms with Gasteiger partial charge in [0.1, 0.15) is 35.6 Å². The molecule has 2 aromatic heterocycles. The Labute approximate surface area is 132 Å². The number of aliphatic hydroxyl groups is 3. The van der Waals surface area contributed by atoms with Crippen LogP contribution >= 0.6 is 0 Å². The molecule has 4 atom stereocenters. The average Bonchev–Trinajstić information content (AvgIpc) is 3.19. The molecule has 124 valence electrons. The molecular formula is C15H20N4O4. The zero-order chi connectivity index (χ0) is 16.2. The van der Waals surface area contributed by atoms with Crippen molar-refractivity contribution < 1.29 is 20.1 Å². The Kier molecular flexibility index (Phi) is 3.31. The molecule has 4 rings (SSSR count). The molecule has 3 heterocycles. The van der Waals surface area contributed by atoms with E-state index in [0.29, 0.717) is 11.7 Å². The number of aromatic nitrogens is 3. The van der Waals surface area contributed by atoms with Crippen molar-refractivity contribution in [2.75, 3.05) is 11.9 Å². The van der Waals surface area contributed by atoms with Crippen molar-refractivity contribution >= 4 is 16.9 Å². The summed E-state index contributed by atoms with van der Waals surface area (Å²) in [7, 11) is 0. The first-order chi connectivity index (χ1) is 11.0. The normalized spacial score (nSPS) is 34.2. The molecule has 2 aromatic rings. The van der Waals surface area contributed by atoms with Crippen molar-refractivity contribution in [2.24, 2.45) is 0 Å². The van der Waals surface area contributed by atoms with Crippen molar-refractivity contribution in [1.29, 1.82) is 0 Å². The third kappa shape index (κ3) is 2.29. The lowest BCUT2D eigenvalue weighted by atomic mass is 9.96. The van der Waals surface area contributed by atoms with E-state index in [4.69, 9.17) is 4.74 Å². The lowest BCUT2D eigenvalue weighted by molar-refractivity contribution is -0.0948. The maximum atomic E-state index is 10.6. The molecule has 2 fully saturated rings. The fourth-order valence-corrected chi connectivity index (χ4v) is 3.09. The van der Waals surface area contributed by atoms with Crippen LogP contribution < -0.4 is 5.32 Å². The largest absolute Gasteiger partial charge is 0.394 e. The molecule has 0 spiro atoms. The molecule has 8 heteroatoms. The highest BCUT2D eigenvalue weighted by Gasteiger charge is 2.53. The van der Waals surface area contributed by atoms with Gasteiger partial charge in [0.05, 0.1) is 12.0 Å². The Balaban J connectivity index is 1.74. The van der Waals surface area contributed by atoms with Crippen molar-refractivity contribution in [2.45, 2.75) is 49.8 Å². The van der Waals surface area contributed by atoms with Gasteiger partial charge in [-0.05, 0) is 25.8 Å². The average molecular weight is 320 g/mol. The first kappa shape index (κ1) is 14.8. The van der Waals surface area contributed by atoms with Gasteiger partial charge in [-0.25, -0.2) is 9.97 Å². The molecule has 0 radical (unpaired) electrons. The smallest absolute Gasteiger partial charge is 0.167 e. The third-order valence-corrected chi connectivity index (χ3v) is 4.61. The summed E-state index contributed by atoms with van der Waals surface area (Å²) >= 11 is 0. The fraction of sp³-hybridized carbons (Fsp3) is 0.600. The minimum absolute atomic E-state index is 0.365. The van der Waals surface area contributed by atoms with Crippen molar-refractivity contribution in [1.82, 2.24) is 14.5 Å². The number of fused-ring (bicyclic) bond motifs is 1. The Bertz CT molecular complexity index is 727. The topological polar surface area (TPSA) is 113 Å². The number of hydrogen-bond acceptors (Lipinski definition) is 7. The van der Waals surface area contributed by atoms with E-state index >= 15 is 0 Å². The molecule has 0 unspecified atom stereocenters. The minimum Gasteiger partial charge on any atom is -0.394 e. The van der Waals surface area contributed by atoms with E-state index in [9.17, 15) is 15.3 Å². The summed E-state index contributed by atoms with van der Waals surface area (Å²) < 4.78 is 7.33. The highest BCUT2D eigenvalue weighted by atomic mass is 16.6. The summed E-state index contributed by atoms with van der Waals surface area (Å²) in [6.07, 6.45) is 2.64. The summed E-state index contributed by atoms with van der Waals surface area (Å²) in [5.41, 5.74) is -0.923. The molecule has 4 N–H and O–H groups in total. The van der Waals surface area contributed by atoms with Gasteiger partial charge in [-0.3, -0.25) is 0 Å². The van der Waals surface area contributed by atoms with E-state index in [0.717, 1.165) is 24.0 Å². The second-order valence-electron chi connectivity index (χ2n) is 6.48. The van der Waals surface area contributed by atoms with Crippen LogP contribution in [-0.4, -0.2) is 60.3 Å². The molecular weight excluding hydrogens is 300 g/mol. The first-order valence-electron chi connectivity index (χ1n) is 7.77. The second-order valence-corrected chi connectivity index (χ2v) is 6.48. The lowest BCUT2D eigenvalue weighted by Gasteiger charge is -2.27. The van der Waals surface area contributed by atoms with E-state index in [-0.39, 0.29) is 6.61 Å². The Hall–Kier alpha value is -1.74. The highest BCUT2D eigenvalue weighted by Crippen LogP contribution is 2.40. The lowest BCUT2D eigenvalue weighted by Crippen LogP contribution is -2.44. The molecule has 2 aliphatic rings. The first-order valence-corrected chi connectivity index (χ1v) is 7.77. The summed E-state index contributed by atoms with van der Waals surface area (Å²) in [6, 6.07) is 2.32. The second kappa shape index (κ2) is 5.13. The van der Waals surface area contributed by atoms with Gasteiger partial charge in [-0.2, -0.15) is 0 Å². The van der Waals surface area contributed by atoms with Crippen molar-refractivity contribution in [3.63, 3.8) is 0 Å². The fourth-order valence-electron chi connectivity index (χ4n) is 3.09. The molecule has 1 saturated carbocycles. The molecule has 0 aromatic carbocycles. The zero-order valence-corrected chi connectivity index (χ0v) is 12.8. The van der Waals surface area contributed by atoms with E-state index in [1.807, 2.05) is 6.07 Å². The Morgan fingerprint density at radius 2 is 2.22 bits per heavy atom. The van der Waals surface area contributed by atoms with Gasteiger partial charge < -0.3 is 29.9 Å².